The van der Waals surface area contributed by atoms with Gasteiger partial charge in [-0.15, -0.1) is 0 Å². The van der Waals surface area contributed by atoms with Gasteiger partial charge in [-0.3, -0.25) is 9.13 Å². The molecule has 1 aliphatic heterocycles. The molecule has 2 aromatic heterocycles. The minimum absolute atomic E-state index is 0.00426. The first-order valence-corrected chi connectivity index (χ1v) is 12.3. The molecule has 1 aliphatic rings. The summed E-state index contributed by atoms with van der Waals surface area (Å²) in [7, 11) is -4.45. The van der Waals surface area contributed by atoms with Crippen LogP contribution in [0.2, 0.25) is 0 Å². The number of aliphatic hydroxyl groups is 3. The monoisotopic (exact) mass is 493 g/mol. The van der Waals surface area contributed by atoms with Gasteiger partial charge in [0.05, 0.1) is 17.1 Å². The summed E-state index contributed by atoms with van der Waals surface area (Å²) in [4.78, 5) is 17.1. The fourth-order valence-electron chi connectivity index (χ4n) is 3.54. The van der Waals surface area contributed by atoms with Gasteiger partial charge in [-0.1, -0.05) is 13.8 Å². The van der Waals surface area contributed by atoms with Crippen LogP contribution in [0.15, 0.2) is 12.4 Å². The number of rotatable bonds is 8. The number of aromatic nitrogens is 3. The van der Waals surface area contributed by atoms with Crippen molar-refractivity contribution in [2.24, 2.45) is 0 Å². The molecule has 0 amide bonds. The van der Waals surface area contributed by atoms with Crippen LogP contribution in [0.5, 0.6) is 0 Å². The molecule has 4 unspecified atom stereocenters. The molecule has 0 aliphatic carbocycles. The number of H-pyrrole nitrogens is 1. The molecular formula is C19H29FN3O7PS. The Balaban J connectivity index is 1.86. The average molecular weight is 493 g/mol. The van der Waals surface area contributed by atoms with Gasteiger partial charge < -0.3 is 34.5 Å². The third-order valence-electron chi connectivity index (χ3n) is 6.16. The second kappa shape index (κ2) is 8.84. The number of halogens is 1. The van der Waals surface area contributed by atoms with Crippen LogP contribution in [-0.4, -0.2) is 64.0 Å². The normalized spacial score (nSPS) is 29.5. The Morgan fingerprint density at radius 2 is 2.00 bits per heavy atom. The summed E-state index contributed by atoms with van der Waals surface area (Å²) in [6, 6.07) is 0. The third-order valence-corrected chi connectivity index (χ3v) is 8.68. The summed E-state index contributed by atoms with van der Waals surface area (Å²) in [5.74, 6) is -0.561. The molecule has 180 valence electrons. The molecule has 0 saturated carbocycles. The van der Waals surface area contributed by atoms with E-state index in [2.05, 4.69) is 9.97 Å². The van der Waals surface area contributed by atoms with Gasteiger partial charge in [0.2, 0.25) is 4.77 Å². The molecule has 0 spiro atoms. The molecule has 10 nitrogen and oxygen atoms in total. The van der Waals surface area contributed by atoms with Crippen LogP contribution in [-0.2, 0) is 13.8 Å². The number of nitrogens with zero attached hydrogens (tertiary/aromatic N) is 2. The number of hydrogen-bond donors (Lipinski definition) is 5. The van der Waals surface area contributed by atoms with E-state index in [0.29, 0.717) is 0 Å². The van der Waals surface area contributed by atoms with E-state index in [-0.39, 0.29) is 35.1 Å². The van der Waals surface area contributed by atoms with E-state index >= 15 is 0 Å². The SMILES string of the molecule is CCC(C)(C[C@H]1O[C@@H](n2cc3c(F)c[nH]c3nc2=S)[C@@H](O)C1O)OP(=O)(O)C(C)(O)CC. The number of aromatic amines is 1. The Bertz CT molecular complexity index is 1090. The van der Waals surface area contributed by atoms with Gasteiger partial charge in [-0.05, 0) is 38.9 Å². The summed E-state index contributed by atoms with van der Waals surface area (Å²) < 4.78 is 39.3. The summed E-state index contributed by atoms with van der Waals surface area (Å²) in [5, 5.41) is 29.7. The standard InChI is InChI=1S/C19H29FN3O7PS/c1-5-18(3,30-31(27,28)19(4,26)6-2)7-12-13(24)14(25)16(29-12)23-9-10-11(20)8-21-15(10)22-17(23)32/h8-9,12-14,16,24-26H,5-7H2,1-4H3,(H,27,28)(H,21,22,32)/t12-,13?,14+,16-,18?,19?/m1/s1. The lowest BCUT2D eigenvalue weighted by Crippen LogP contribution is -2.40. The second-order valence-electron chi connectivity index (χ2n) is 8.57. The minimum Gasteiger partial charge on any atom is -0.388 e. The maximum absolute atomic E-state index is 14.0. The Hall–Kier alpha value is -1.24. The fourth-order valence-corrected chi connectivity index (χ4v) is 5.19. The molecule has 1 fully saturated rings. The predicted molar refractivity (Wildman–Crippen MR) is 116 cm³/mol. The molecule has 0 bridgehead atoms. The van der Waals surface area contributed by atoms with Crippen molar-refractivity contribution >= 4 is 30.8 Å². The van der Waals surface area contributed by atoms with Crippen molar-refractivity contribution in [1.29, 1.82) is 0 Å². The quantitative estimate of drug-likeness (QED) is 0.276. The second-order valence-corrected chi connectivity index (χ2v) is 11.1. The molecule has 3 rings (SSSR count). The van der Waals surface area contributed by atoms with Crippen LogP contribution in [0.3, 0.4) is 0 Å². The zero-order valence-corrected chi connectivity index (χ0v) is 19.9. The number of fused-ring (bicyclic) bond motifs is 1. The lowest BCUT2D eigenvalue weighted by atomic mass is 9.93. The summed E-state index contributed by atoms with van der Waals surface area (Å²) in [5.41, 5.74) is -1.03. The van der Waals surface area contributed by atoms with E-state index in [1.807, 2.05) is 0 Å². The van der Waals surface area contributed by atoms with Gasteiger partial charge in [-0.25, -0.2) is 9.37 Å². The first kappa shape index (κ1) is 25.4. The van der Waals surface area contributed by atoms with E-state index in [4.69, 9.17) is 21.5 Å². The van der Waals surface area contributed by atoms with Crippen molar-refractivity contribution in [3.63, 3.8) is 0 Å². The smallest absolute Gasteiger partial charge is 0.359 e. The number of aliphatic hydroxyl groups excluding tert-OH is 2. The Kier molecular flexibility index (Phi) is 7.01. The van der Waals surface area contributed by atoms with Crippen molar-refractivity contribution in [3.8, 4) is 0 Å². The number of nitrogens with one attached hydrogen (secondary N) is 1. The van der Waals surface area contributed by atoms with E-state index in [1.54, 1.807) is 20.8 Å². The Morgan fingerprint density at radius 1 is 1.34 bits per heavy atom. The predicted octanol–water partition coefficient (Wildman–Crippen LogP) is 2.73. The molecular weight excluding hydrogens is 464 g/mol. The summed E-state index contributed by atoms with van der Waals surface area (Å²) >= 11 is 5.23. The van der Waals surface area contributed by atoms with Crippen molar-refractivity contribution in [3.05, 3.63) is 23.0 Å². The van der Waals surface area contributed by atoms with Gasteiger partial charge >= 0.3 is 7.60 Å². The highest BCUT2D eigenvalue weighted by Gasteiger charge is 2.50. The lowest BCUT2D eigenvalue weighted by Gasteiger charge is -2.37. The van der Waals surface area contributed by atoms with E-state index in [0.717, 1.165) is 6.20 Å². The first-order valence-electron chi connectivity index (χ1n) is 10.3. The topological polar surface area (TPSA) is 150 Å². The molecule has 0 aromatic carbocycles. The minimum atomic E-state index is -4.45. The largest absolute Gasteiger partial charge is 0.388 e. The maximum atomic E-state index is 14.0. The maximum Gasteiger partial charge on any atom is 0.359 e. The highest BCUT2D eigenvalue weighted by atomic mass is 32.1. The van der Waals surface area contributed by atoms with Crippen molar-refractivity contribution in [1.82, 2.24) is 14.5 Å². The molecule has 3 heterocycles. The number of hydrogen-bond acceptors (Lipinski definition) is 8. The molecule has 1 saturated heterocycles. The van der Waals surface area contributed by atoms with Crippen molar-refractivity contribution < 1.29 is 38.4 Å². The van der Waals surface area contributed by atoms with Gasteiger partial charge in [0.15, 0.2) is 17.4 Å². The van der Waals surface area contributed by atoms with E-state index < -0.39 is 48.9 Å². The fraction of sp³-hybridized carbons (Fsp3) is 0.684. The van der Waals surface area contributed by atoms with Crippen LogP contribution in [0.4, 0.5) is 4.39 Å². The summed E-state index contributed by atoms with van der Waals surface area (Å²) in [6.45, 7) is 6.06. The van der Waals surface area contributed by atoms with Gasteiger partial charge in [0, 0.05) is 18.8 Å². The van der Waals surface area contributed by atoms with Gasteiger partial charge in [-0.2, -0.15) is 0 Å². The zero-order chi connectivity index (χ0) is 24.1. The third kappa shape index (κ3) is 4.55. The first-order chi connectivity index (χ1) is 14.7. The molecule has 0 radical (unpaired) electrons. The molecule has 5 N–H and O–H groups in total. The molecule has 32 heavy (non-hydrogen) atoms. The van der Waals surface area contributed by atoms with Crippen LogP contribution in [0, 0.1) is 10.6 Å². The van der Waals surface area contributed by atoms with Crippen molar-refractivity contribution in [2.45, 2.75) is 82.4 Å². The van der Waals surface area contributed by atoms with Gasteiger partial charge in [0.1, 0.15) is 17.9 Å². The van der Waals surface area contributed by atoms with Crippen LogP contribution < -0.4 is 0 Å². The molecule has 7 atom stereocenters. The van der Waals surface area contributed by atoms with E-state index in [9.17, 15) is 29.2 Å². The summed E-state index contributed by atoms with van der Waals surface area (Å²) in [6.07, 6.45) is -2.31. The van der Waals surface area contributed by atoms with Crippen LogP contribution in [0.25, 0.3) is 11.0 Å². The molecule has 2 aromatic rings. The Morgan fingerprint density at radius 3 is 2.59 bits per heavy atom. The zero-order valence-electron chi connectivity index (χ0n) is 18.2. The molecule has 13 heteroatoms. The average Bonchev–Trinajstić information content (AvgIpc) is 3.20. The van der Waals surface area contributed by atoms with Crippen LogP contribution >= 0.6 is 19.8 Å². The number of ether oxygens (including phenoxy) is 1. The van der Waals surface area contributed by atoms with Crippen LogP contribution in [0.1, 0.15) is 53.2 Å². The highest BCUT2D eigenvalue weighted by Crippen LogP contribution is 2.59. The lowest BCUT2D eigenvalue weighted by molar-refractivity contribution is -0.0707. The Labute approximate surface area is 189 Å². The van der Waals surface area contributed by atoms with E-state index in [1.165, 1.54) is 17.7 Å². The van der Waals surface area contributed by atoms with Crippen molar-refractivity contribution in [2.75, 3.05) is 0 Å². The van der Waals surface area contributed by atoms with Gasteiger partial charge in [0.25, 0.3) is 0 Å². The highest BCUT2D eigenvalue weighted by molar-refractivity contribution is 7.71.